The molecule has 0 aromatic heterocycles. The Balaban J connectivity index is 1.93. The molecule has 0 amide bonds. The molecule has 0 unspecified atom stereocenters. The van der Waals surface area contributed by atoms with Gasteiger partial charge in [-0.1, -0.05) is 42.9 Å². The van der Waals surface area contributed by atoms with E-state index in [1.54, 1.807) is 0 Å². The number of alkyl halides is 1. The molecule has 0 N–H and O–H groups in total. The number of hydrogen-bond donors (Lipinski definition) is 0. The Bertz CT molecular complexity index is 285. The first kappa shape index (κ1) is 17.9. The lowest BCUT2D eigenvalue weighted by atomic mass is 9.89. The summed E-state index contributed by atoms with van der Waals surface area (Å²) in [7, 11) is 0. The van der Waals surface area contributed by atoms with E-state index in [0.29, 0.717) is 37.5 Å². The van der Waals surface area contributed by atoms with Crippen LogP contribution in [0.2, 0.25) is 0 Å². The molecule has 2 aliphatic rings. The fourth-order valence-corrected chi connectivity index (χ4v) is 3.41. The van der Waals surface area contributed by atoms with Crippen LogP contribution in [0, 0.1) is 5.41 Å². The summed E-state index contributed by atoms with van der Waals surface area (Å²) in [5.74, 6) is -1.32. The molecule has 21 heavy (non-hydrogen) atoms. The van der Waals surface area contributed by atoms with Crippen molar-refractivity contribution in [1.82, 2.24) is 0 Å². The second-order valence-electron chi connectivity index (χ2n) is 5.92. The third-order valence-electron chi connectivity index (χ3n) is 4.18. The Kier molecular flexibility index (Phi) is 6.30. The lowest BCUT2D eigenvalue weighted by Gasteiger charge is -2.50. The fraction of sp³-hybridized carbons (Fsp3) is 1.00. The van der Waals surface area contributed by atoms with E-state index in [4.69, 9.17) is 23.7 Å². The van der Waals surface area contributed by atoms with E-state index in [9.17, 15) is 0 Å². The van der Waals surface area contributed by atoms with Gasteiger partial charge in [-0.05, 0) is 13.3 Å². The van der Waals surface area contributed by atoms with Gasteiger partial charge in [0, 0.05) is 13.0 Å². The Morgan fingerprint density at radius 2 is 1.52 bits per heavy atom. The Hall–Kier alpha value is 0.530. The van der Waals surface area contributed by atoms with Crippen molar-refractivity contribution in [3.8, 4) is 0 Å². The minimum absolute atomic E-state index is 0.210. The normalized spacial score (nSPS) is 40.6. The van der Waals surface area contributed by atoms with Crippen molar-refractivity contribution in [1.29, 1.82) is 0 Å². The number of halogens is 1. The molecule has 0 atom stereocenters. The highest BCUT2D eigenvalue weighted by atomic mass is 127. The van der Waals surface area contributed by atoms with E-state index in [1.807, 2.05) is 6.92 Å². The fourth-order valence-electron chi connectivity index (χ4n) is 2.75. The molecule has 5 nitrogen and oxygen atoms in total. The summed E-state index contributed by atoms with van der Waals surface area (Å²) in [4.78, 5) is 0. The molecule has 1 spiro atoms. The van der Waals surface area contributed by atoms with Gasteiger partial charge in [-0.3, -0.25) is 0 Å². The van der Waals surface area contributed by atoms with Crippen LogP contribution >= 0.6 is 22.6 Å². The summed E-state index contributed by atoms with van der Waals surface area (Å²) < 4.78 is 30.2. The molecule has 2 saturated heterocycles. The van der Waals surface area contributed by atoms with Crippen LogP contribution in [0.1, 0.15) is 40.0 Å². The van der Waals surface area contributed by atoms with Crippen molar-refractivity contribution in [3.05, 3.63) is 0 Å². The zero-order valence-electron chi connectivity index (χ0n) is 13.3. The molecular formula is C15H27IO5. The van der Waals surface area contributed by atoms with Gasteiger partial charge in [0.2, 0.25) is 0 Å². The molecule has 2 rings (SSSR count). The van der Waals surface area contributed by atoms with Crippen LogP contribution in [-0.4, -0.2) is 49.2 Å². The molecule has 124 valence electrons. The van der Waals surface area contributed by atoms with E-state index in [0.717, 1.165) is 19.3 Å². The lowest BCUT2D eigenvalue weighted by molar-refractivity contribution is -0.427. The number of rotatable bonds is 6. The topological polar surface area (TPSA) is 46.2 Å². The van der Waals surface area contributed by atoms with Gasteiger partial charge in [0.05, 0.1) is 36.3 Å². The molecule has 0 aromatic carbocycles. The largest absolute Gasteiger partial charge is 0.349 e. The van der Waals surface area contributed by atoms with E-state index in [-0.39, 0.29) is 5.41 Å². The van der Waals surface area contributed by atoms with E-state index < -0.39 is 11.8 Å². The van der Waals surface area contributed by atoms with Gasteiger partial charge in [0.15, 0.2) is 5.79 Å². The molecule has 2 heterocycles. The Morgan fingerprint density at radius 3 is 1.95 bits per heavy atom. The maximum atomic E-state index is 6.09. The molecular weight excluding hydrogens is 387 g/mol. The molecule has 6 heteroatoms. The number of ether oxygens (including phenoxy) is 5. The summed E-state index contributed by atoms with van der Waals surface area (Å²) >= 11 is 2.23. The van der Waals surface area contributed by atoms with Crippen molar-refractivity contribution in [2.75, 3.05) is 37.5 Å². The first-order valence-electron chi connectivity index (χ1n) is 7.83. The average molecular weight is 414 g/mol. The molecule has 0 aliphatic carbocycles. The SMILES string of the molecule is CCCC1(CC)OCC2(CO1)COC(CI)(OCC)OC2. The summed E-state index contributed by atoms with van der Waals surface area (Å²) in [6.07, 6.45) is 2.85. The highest BCUT2D eigenvalue weighted by molar-refractivity contribution is 14.1. The summed E-state index contributed by atoms with van der Waals surface area (Å²) in [6, 6.07) is 0. The molecule has 0 radical (unpaired) electrons. The highest BCUT2D eigenvalue weighted by Gasteiger charge is 2.50. The Labute approximate surface area is 141 Å². The predicted octanol–water partition coefficient (Wildman–Crippen LogP) is 3.10. The maximum Gasteiger partial charge on any atom is 0.292 e. The van der Waals surface area contributed by atoms with Gasteiger partial charge in [-0.25, -0.2) is 0 Å². The van der Waals surface area contributed by atoms with Crippen molar-refractivity contribution in [2.45, 2.75) is 51.8 Å². The van der Waals surface area contributed by atoms with Crippen LogP contribution in [0.5, 0.6) is 0 Å². The van der Waals surface area contributed by atoms with Gasteiger partial charge in [-0.15, -0.1) is 0 Å². The van der Waals surface area contributed by atoms with Gasteiger partial charge < -0.3 is 23.7 Å². The van der Waals surface area contributed by atoms with Crippen molar-refractivity contribution in [2.24, 2.45) is 5.41 Å². The third-order valence-corrected chi connectivity index (χ3v) is 5.11. The molecule has 0 saturated carbocycles. The Morgan fingerprint density at radius 1 is 0.952 bits per heavy atom. The predicted molar refractivity (Wildman–Crippen MR) is 87.4 cm³/mol. The summed E-state index contributed by atoms with van der Waals surface area (Å²) in [5.41, 5.74) is -0.210. The second kappa shape index (κ2) is 7.40. The van der Waals surface area contributed by atoms with Crippen LogP contribution in [0.25, 0.3) is 0 Å². The smallest absolute Gasteiger partial charge is 0.292 e. The van der Waals surface area contributed by atoms with Crippen LogP contribution in [0.3, 0.4) is 0 Å². The molecule has 2 aliphatic heterocycles. The van der Waals surface area contributed by atoms with Crippen molar-refractivity contribution < 1.29 is 23.7 Å². The zero-order valence-corrected chi connectivity index (χ0v) is 15.4. The standard InChI is InChI=1S/C15H27IO5/c1-4-7-14(5-2)18-9-13(10-19-14)11-20-15(8-16,17-6-3)21-12-13/h4-12H2,1-3H3. The van der Waals surface area contributed by atoms with E-state index >= 15 is 0 Å². The second-order valence-corrected chi connectivity index (χ2v) is 6.68. The van der Waals surface area contributed by atoms with Gasteiger partial charge in [0.25, 0.3) is 5.97 Å². The van der Waals surface area contributed by atoms with Crippen LogP contribution in [-0.2, 0) is 23.7 Å². The molecule has 0 bridgehead atoms. The zero-order chi connectivity index (χ0) is 15.4. The van der Waals surface area contributed by atoms with E-state index in [1.165, 1.54) is 0 Å². The van der Waals surface area contributed by atoms with Gasteiger partial charge in [0.1, 0.15) is 0 Å². The third kappa shape index (κ3) is 3.90. The van der Waals surface area contributed by atoms with Crippen LogP contribution in [0.15, 0.2) is 0 Å². The first-order chi connectivity index (χ1) is 10.1. The minimum Gasteiger partial charge on any atom is -0.349 e. The number of hydrogen-bond acceptors (Lipinski definition) is 5. The van der Waals surface area contributed by atoms with E-state index in [2.05, 4.69) is 36.4 Å². The van der Waals surface area contributed by atoms with Crippen LogP contribution in [0.4, 0.5) is 0 Å². The monoisotopic (exact) mass is 414 g/mol. The molecule has 0 aromatic rings. The lowest BCUT2D eigenvalue weighted by Crippen LogP contribution is -2.59. The maximum absolute atomic E-state index is 6.09. The van der Waals surface area contributed by atoms with Crippen molar-refractivity contribution >= 4 is 22.6 Å². The summed E-state index contributed by atoms with van der Waals surface area (Å²) in [5, 5.41) is 0. The summed E-state index contributed by atoms with van der Waals surface area (Å²) in [6.45, 7) is 9.09. The van der Waals surface area contributed by atoms with Crippen molar-refractivity contribution in [3.63, 3.8) is 0 Å². The average Bonchev–Trinajstić information content (AvgIpc) is 2.53. The highest BCUT2D eigenvalue weighted by Crippen LogP contribution is 2.39. The quantitative estimate of drug-likeness (QED) is 0.494. The van der Waals surface area contributed by atoms with Gasteiger partial charge >= 0.3 is 0 Å². The molecule has 2 fully saturated rings. The first-order valence-corrected chi connectivity index (χ1v) is 9.35. The van der Waals surface area contributed by atoms with Crippen LogP contribution < -0.4 is 0 Å². The minimum atomic E-state index is -0.900. The van der Waals surface area contributed by atoms with Gasteiger partial charge in [-0.2, -0.15) is 0 Å².